The molecule has 5 heteroatoms. The molecule has 1 heterocycles. The van der Waals surface area contributed by atoms with Gasteiger partial charge in [-0.25, -0.2) is 9.69 Å². The molecule has 1 unspecified atom stereocenters. The van der Waals surface area contributed by atoms with Gasteiger partial charge in [-0.15, -0.1) is 0 Å². The number of carbonyl (C=O) groups is 2. The average molecular weight is 226 g/mol. The maximum absolute atomic E-state index is 11.2. The second kappa shape index (κ2) is 3.90. The largest absolute Gasteiger partial charge is 0.446 e. The van der Waals surface area contributed by atoms with E-state index in [1.54, 1.807) is 0 Å². The van der Waals surface area contributed by atoms with E-state index >= 15 is 0 Å². The highest BCUT2D eigenvalue weighted by Gasteiger charge is 2.37. The minimum Gasteiger partial charge on any atom is -0.446 e. The molecule has 0 spiro atoms. The molecular weight excluding hydrogens is 218 g/mol. The molecule has 78 valence electrons. The number of cyclic esters (lactones) is 1. The fourth-order valence-corrected chi connectivity index (χ4v) is 1.72. The summed E-state index contributed by atoms with van der Waals surface area (Å²) in [7, 11) is 0. The molecule has 0 aliphatic carbocycles. The van der Waals surface area contributed by atoms with E-state index in [0.717, 1.165) is 10.5 Å². The smallest absolute Gasteiger partial charge is 0.418 e. The fourth-order valence-electron chi connectivity index (χ4n) is 1.54. The highest BCUT2D eigenvalue weighted by Crippen LogP contribution is 2.28. The second-order valence-electron chi connectivity index (χ2n) is 3.13. The molecule has 0 bridgehead atoms. The predicted octanol–water partition coefficient (Wildman–Crippen LogP) is 2.54. The Kier molecular flexibility index (Phi) is 2.60. The Morgan fingerprint density at radius 2 is 2.07 bits per heavy atom. The predicted molar refractivity (Wildman–Crippen MR) is 53.6 cm³/mol. The molecule has 0 N–H and O–H groups in total. The lowest BCUT2D eigenvalue weighted by Crippen LogP contribution is -2.29. The molecule has 1 atom stereocenters. The summed E-state index contributed by atoms with van der Waals surface area (Å²) in [4.78, 5) is 23.1. The zero-order valence-corrected chi connectivity index (χ0v) is 8.48. The summed E-state index contributed by atoms with van der Waals surface area (Å²) in [6.45, 7) is 0.154. The Morgan fingerprint density at radius 1 is 1.40 bits per heavy atom. The van der Waals surface area contributed by atoms with Crippen LogP contribution in [0.5, 0.6) is 0 Å². The van der Waals surface area contributed by atoms with Crippen LogP contribution in [0.1, 0.15) is 11.6 Å². The summed E-state index contributed by atoms with van der Waals surface area (Å²) in [5.74, 6) is 0. The number of carbonyl (C=O) groups excluding carboxylic acids is 2. The monoisotopic (exact) mass is 225 g/mol. The van der Waals surface area contributed by atoms with Gasteiger partial charge in [-0.05, 0) is 17.2 Å². The Hall–Kier alpha value is -1.55. The van der Waals surface area contributed by atoms with Crippen LogP contribution in [0.25, 0.3) is 0 Å². The van der Waals surface area contributed by atoms with Gasteiger partial charge in [-0.3, -0.25) is 4.79 Å². The first kappa shape index (κ1) is 9.98. The van der Waals surface area contributed by atoms with Crippen molar-refractivity contribution >= 4 is 23.1 Å². The highest BCUT2D eigenvalue weighted by atomic mass is 35.5. The normalized spacial score (nSPS) is 20.2. The van der Waals surface area contributed by atoms with Gasteiger partial charge in [0.2, 0.25) is 0 Å². The maximum atomic E-state index is 11.2. The Morgan fingerprint density at radius 3 is 2.67 bits per heavy atom. The lowest BCUT2D eigenvalue weighted by Gasteiger charge is -2.16. The van der Waals surface area contributed by atoms with Crippen molar-refractivity contribution in [3.8, 4) is 0 Å². The van der Waals surface area contributed by atoms with Crippen LogP contribution in [0.3, 0.4) is 0 Å². The van der Waals surface area contributed by atoms with Crippen molar-refractivity contribution in [1.29, 1.82) is 0 Å². The number of amides is 2. The van der Waals surface area contributed by atoms with Gasteiger partial charge in [0.15, 0.2) is 0 Å². The molecule has 1 saturated heterocycles. The Labute approximate surface area is 91.4 Å². The van der Waals surface area contributed by atoms with E-state index in [1.165, 1.54) is 0 Å². The molecule has 0 radical (unpaired) electrons. The summed E-state index contributed by atoms with van der Waals surface area (Å²) >= 11 is 5.31. The summed E-state index contributed by atoms with van der Waals surface area (Å²) in [6.07, 6.45) is -0.691. The van der Waals surface area contributed by atoms with Crippen molar-refractivity contribution in [2.75, 3.05) is 6.61 Å². The van der Waals surface area contributed by atoms with Crippen LogP contribution in [-0.4, -0.2) is 23.0 Å². The molecular formula is C10H8ClNO3. The molecule has 2 rings (SSSR count). The number of benzene rings is 1. The molecule has 1 aliphatic heterocycles. The van der Waals surface area contributed by atoms with Crippen molar-refractivity contribution in [2.24, 2.45) is 0 Å². The van der Waals surface area contributed by atoms with Crippen LogP contribution >= 0.6 is 11.6 Å². The van der Waals surface area contributed by atoms with Crippen LogP contribution in [0.4, 0.5) is 9.59 Å². The first-order valence-electron chi connectivity index (χ1n) is 4.40. The van der Waals surface area contributed by atoms with Gasteiger partial charge in [0.25, 0.3) is 0 Å². The molecule has 1 aromatic rings. The average Bonchev–Trinajstić information content (AvgIpc) is 2.61. The SMILES string of the molecule is O=C(Cl)N1C(=O)OCC1c1ccccc1. The fraction of sp³-hybridized carbons (Fsp3) is 0.200. The van der Waals surface area contributed by atoms with E-state index < -0.39 is 17.5 Å². The van der Waals surface area contributed by atoms with Crippen molar-refractivity contribution in [3.63, 3.8) is 0 Å². The van der Waals surface area contributed by atoms with Gasteiger partial charge in [-0.1, -0.05) is 30.3 Å². The summed E-state index contributed by atoms with van der Waals surface area (Å²) < 4.78 is 4.78. The number of hydrogen-bond donors (Lipinski definition) is 0. The third-order valence-electron chi connectivity index (χ3n) is 2.25. The second-order valence-corrected chi connectivity index (χ2v) is 3.45. The topological polar surface area (TPSA) is 46.6 Å². The number of halogens is 1. The summed E-state index contributed by atoms with van der Waals surface area (Å²) in [5, 5.41) is -0.814. The van der Waals surface area contributed by atoms with E-state index in [1.807, 2.05) is 30.3 Å². The molecule has 0 aromatic heterocycles. The quantitative estimate of drug-likeness (QED) is 0.545. The first-order chi connectivity index (χ1) is 7.20. The summed E-state index contributed by atoms with van der Waals surface area (Å²) in [6, 6.07) is 8.74. The standard InChI is InChI=1S/C10H8ClNO3/c11-9(13)12-8(6-15-10(12)14)7-4-2-1-3-5-7/h1-5,8H,6H2. The Balaban J connectivity index is 2.30. The van der Waals surface area contributed by atoms with Crippen molar-refractivity contribution in [3.05, 3.63) is 35.9 Å². The van der Waals surface area contributed by atoms with Gasteiger partial charge in [0, 0.05) is 0 Å². The Bertz CT molecular complexity index is 393. The van der Waals surface area contributed by atoms with Crippen molar-refractivity contribution in [1.82, 2.24) is 4.90 Å². The third-order valence-corrected chi connectivity index (χ3v) is 2.43. The minimum atomic E-state index is -0.814. The van der Waals surface area contributed by atoms with Crippen LogP contribution in [0.15, 0.2) is 30.3 Å². The van der Waals surface area contributed by atoms with Gasteiger partial charge in [-0.2, -0.15) is 0 Å². The van der Waals surface area contributed by atoms with Crippen LogP contribution < -0.4 is 0 Å². The summed E-state index contributed by atoms with van der Waals surface area (Å²) in [5.41, 5.74) is 0.831. The van der Waals surface area contributed by atoms with Crippen molar-refractivity contribution < 1.29 is 14.3 Å². The minimum absolute atomic E-state index is 0.154. The zero-order valence-electron chi connectivity index (χ0n) is 7.72. The van der Waals surface area contributed by atoms with Crippen molar-refractivity contribution in [2.45, 2.75) is 6.04 Å². The number of nitrogens with zero attached hydrogens (tertiary/aromatic N) is 1. The molecule has 4 nitrogen and oxygen atoms in total. The van der Waals surface area contributed by atoms with E-state index in [4.69, 9.17) is 16.3 Å². The molecule has 0 saturated carbocycles. The first-order valence-corrected chi connectivity index (χ1v) is 4.78. The van der Waals surface area contributed by atoms with Gasteiger partial charge in [0.05, 0.1) is 0 Å². The number of hydrogen-bond acceptors (Lipinski definition) is 3. The van der Waals surface area contributed by atoms with E-state index in [0.29, 0.717) is 0 Å². The van der Waals surface area contributed by atoms with E-state index in [-0.39, 0.29) is 6.61 Å². The molecule has 1 aliphatic rings. The number of rotatable bonds is 1. The lowest BCUT2D eigenvalue weighted by molar-refractivity contribution is 0.163. The maximum Gasteiger partial charge on any atom is 0.418 e. The van der Waals surface area contributed by atoms with Gasteiger partial charge >= 0.3 is 11.5 Å². The van der Waals surface area contributed by atoms with Gasteiger partial charge < -0.3 is 4.74 Å². The molecule has 2 amide bonds. The molecule has 1 aromatic carbocycles. The molecule has 15 heavy (non-hydrogen) atoms. The van der Waals surface area contributed by atoms with E-state index in [2.05, 4.69) is 0 Å². The number of ether oxygens (including phenoxy) is 1. The number of imide groups is 1. The lowest BCUT2D eigenvalue weighted by atomic mass is 10.1. The zero-order chi connectivity index (χ0) is 10.8. The molecule has 1 fully saturated rings. The van der Waals surface area contributed by atoms with Crippen LogP contribution in [0, 0.1) is 0 Å². The third kappa shape index (κ3) is 1.80. The van der Waals surface area contributed by atoms with Gasteiger partial charge in [0.1, 0.15) is 12.6 Å². The van der Waals surface area contributed by atoms with Crippen LogP contribution in [0.2, 0.25) is 0 Å². The van der Waals surface area contributed by atoms with Crippen LogP contribution in [-0.2, 0) is 4.74 Å². The van der Waals surface area contributed by atoms with E-state index in [9.17, 15) is 9.59 Å². The highest BCUT2D eigenvalue weighted by molar-refractivity contribution is 6.64.